The number of hydrogen-bond acceptors (Lipinski definition) is 3. The maximum Gasteiger partial charge on any atom is 0.254 e. The number of nitrogens with zero attached hydrogens (tertiary/aromatic N) is 2. The van der Waals surface area contributed by atoms with Crippen LogP contribution < -0.4 is 0 Å². The SMILES string of the molecule is Cc1ccc(-c2cc(C(=O)N3CCCC3CO)c3ccccc3n2)c(F)c1. The molecule has 0 radical (unpaired) electrons. The van der Waals surface area contributed by atoms with Crippen molar-refractivity contribution in [3.05, 3.63) is 65.5 Å². The third-order valence-corrected chi connectivity index (χ3v) is 5.20. The molecule has 0 spiro atoms. The van der Waals surface area contributed by atoms with Gasteiger partial charge in [-0.3, -0.25) is 4.79 Å². The minimum absolute atomic E-state index is 0.0474. The third-order valence-electron chi connectivity index (χ3n) is 5.20. The van der Waals surface area contributed by atoms with E-state index >= 15 is 0 Å². The Morgan fingerprint density at radius 3 is 2.85 bits per heavy atom. The Balaban J connectivity index is 1.87. The number of pyridine rings is 1. The molecule has 138 valence electrons. The maximum atomic E-state index is 14.5. The molecule has 4 rings (SSSR count). The van der Waals surface area contributed by atoms with E-state index < -0.39 is 0 Å². The first-order valence-electron chi connectivity index (χ1n) is 9.16. The highest BCUT2D eigenvalue weighted by atomic mass is 19.1. The van der Waals surface area contributed by atoms with Crippen molar-refractivity contribution in [3.8, 4) is 11.3 Å². The molecule has 1 aliphatic heterocycles. The molecular weight excluding hydrogens is 343 g/mol. The largest absolute Gasteiger partial charge is 0.394 e. The maximum absolute atomic E-state index is 14.5. The Hall–Kier alpha value is -2.79. The molecule has 4 nitrogen and oxygen atoms in total. The first-order valence-corrected chi connectivity index (χ1v) is 9.16. The van der Waals surface area contributed by atoms with E-state index in [2.05, 4.69) is 4.98 Å². The van der Waals surface area contributed by atoms with Crippen molar-refractivity contribution in [1.82, 2.24) is 9.88 Å². The van der Waals surface area contributed by atoms with E-state index in [4.69, 9.17) is 0 Å². The van der Waals surface area contributed by atoms with Gasteiger partial charge in [0.2, 0.25) is 0 Å². The highest BCUT2D eigenvalue weighted by Gasteiger charge is 2.30. The Morgan fingerprint density at radius 2 is 2.07 bits per heavy atom. The molecule has 1 aliphatic rings. The lowest BCUT2D eigenvalue weighted by molar-refractivity contribution is 0.0679. The number of rotatable bonds is 3. The number of para-hydroxylation sites is 1. The molecule has 3 aromatic rings. The predicted molar refractivity (Wildman–Crippen MR) is 103 cm³/mol. The molecule has 1 aromatic heterocycles. The van der Waals surface area contributed by atoms with Gasteiger partial charge in [0.15, 0.2) is 0 Å². The second-order valence-electron chi connectivity index (χ2n) is 7.03. The van der Waals surface area contributed by atoms with E-state index in [0.717, 1.165) is 23.8 Å². The number of hydrogen-bond donors (Lipinski definition) is 1. The van der Waals surface area contributed by atoms with Gasteiger partial charge in [0.1, 0.15) is 5.82 Å². The summed E-state index contributed by atoms with van der Waals surface area (Å²) in [6.45, 7) is 2.40. The van der Waals surface area contributed by atoms with E-state index in [1.807, 2.05) is 37.3 Å². The summed E-state index contributed by atoms with van der Waals surface area (Å²) in [5.41, 5.74) is 2.79. The third kappa shape index (κ3) is 3.19. The molecule has 1 saturated heterocycles. The van der Waals surface area contributed by atoms with Crippen molar-refractivity contribution in [2.24, 2.45) is 0 Å². The summed E-state index contributed by atoms with van der Waals surface area (Å²) < 4.78 is 14.5. The van der Waals surface area contributed by atoms with Gasteiger partial charge in [-0.05, 0) is 49.6 Å². The lowest BCUT2D eigenvalue weighted by Gasteiger charge is -2.24. The number of benzene rings is 2. The van der Waals surface area contributed by atoms with Crippen molar-refractivity contribution in [2.45, 2.75) is 25.8 Å². The second-order valence-corrected chi connectivity index (χ2v) is 7.03. The quantitative estimate of drug-likeness (QED) is 0.766. The summed E-state index contributed by atoms with van der Waals surface area (Å²) in [6, 6.07) is 13.9. The lowest BCUT2D eigenvalue weighted by atomic mass is 10.0. The lowest BCUT2D eigenvalue weighted by Crippen LogP contribution is -2.37. The Morgan fingerprint density at radius 1 is 1.26 bits per heavy atom. The van der Waals surface area contributed by atoms with Crippen LogP contribution in [0.4, 0.5) is 4.39 Å². The van der Waals surface area contributed by atoms with Crippen molar-refractivity contribution >= 4 is 16.8 Å². The summed E-state index contributed by atoms with van der Waals surface area (Å²) in [7, 11) is 0. The van der Waals surface area contributed by atoms with Crippen LogP contribution in [0.15, 0.2) is 48.5 Å². The van der Waals surface area contributed by atoms with Crippen LogP contribution in [0.2, 0.25) is 0 Å². The fraction of sp³-hybridized carbons (Fsp3) is 0.273. The summed E-state index contributed by atoms with van der Waals surface area (Å²) in [6.07, 6.45) is 1.67. The average molecular weight is 364 g/mol. The molecule has 2 heterocycles. The van der Waals surface area contributed by atoms with Crippen LogP contribution in [-0.2, 0) is 0 Å². The van der Waals surface area contributed by atoms with Gasteiger partial charge in [-0.2, -0.15) is 0 Å². The molecule has 1 unspecified atom stereocenters. The standard InChI is InChI=1S/C22H21FN2O2/c1-14-8-9-17(19(23)11-14)21-12-18(16-6-2-3-7-20(16)24-21)22(27)25-10-4-5-15(25)13-26/h2-3,6-9,11-12,15,26H,4-5,10,13H2,1H3. The van der Waals surface area contributed by atoms with Gasteiger partial charge in [0, 0.05) is 17.5 Å². The first kappa shape index (κ1) is 17.6. The van der Waals surface area contributed by atoms with Crippen molar-refractivity contribution in [3.63, 3.8) is 0 Å². The normalized spacial score (nSPS) is 16.9. The molecule has 1 amide bonds. The van der Waals surface area contributed by atoms with E-state index in [0.29, 0.717) is 28.9 Å². The van der Waals surface area contributed by atoms with Crippen LogP contribution in [-0.4, -0.2) is 40.1 Å². The minimum atomic E-state index is -0.356. The summed E-state index contributed by atoms with van der Waals surface area (Å²) in [4.78, 5) is 19.6. The summed E-state index contributed by atoms with van der Waals surface area (Å²) >= 11 is 0. The van der Waals surface area contributed by atoms with Crippen LogP contribution in [0.5, 0.6) is 0 Å². The summed E-state index contributed by atoms with van der Waals surface area (Å²) in [5, 5.41) is 10.3. The van der Waals surface area contributed by atoms with Gasteiger partial charge in [0.25, 0.3) is 5.91 Å². The smallest absolute Gasteiger partial charge is 0.254 e. The fourth-order valence-electron chi connectivity index (χ4n) is 3.77. The van der Waals surface area contributed by atoms with Crippen LogP contribution in [0.25, 0.3) is 22.2 Å². The second kappa shape index (κ2) is 7.08. The van der Waals surface area contributed by atoms with Gasteiger partial charge >= 0.3 is 0 Å². The zero-order valence-corrected chi connectivity index (χ0v) is 15.2. The van der Waals surface area contributed by atoms with Crippen LogP contribution in [0.3, 0.4) is 0 Å². The molecule has 27 heavy (non-hydrogen) atoms. The number of carbonyl (C=O) groups is 1. The number of amides is 1. The fourth-order valence-corrected chi connectivity index (χ4v) is 3.77. The number of likely N-dealkylation sites (tertiary alicyclic amines) is 1. The topological polar surface area (TPSA) is 53.4 Å². The number of fused-ring (bicyclic) bond motifs is 1. The molecule has 1 N–H and O–H groups in total. The average Bonchev–Trinajstić information content (AvgIpc) is 3.15. The zero-order valence-electron chi connectivity index (χ0n) is 15.2. The van der Waals surface area contributed by atoms with Gasteiger partial charge < -0.3 is 10.0 Å². The predicted octanol–water partition coefficient (Wildman–Crippen LogP) is 3.95. The van der Waals surface area contributed by atoms with Crippen LogP contribution in [0, 0.1) is 12.7 Å². The van der Waals surface area contributed by atoms with E-state index in [-0.39, 0.29) is 24.4 Å². The molecule has 5 heteroatoms. The number of aryl methyl sites for hydroxylation is 1. The van der Waals surface area contributed by atoms with Crippen molar-refractivity contribution in [1.29, 1.82) is 0 Å². The number of aromatic nitrogens is 1. The molecule has 0 aliphatic carbocycles. The number of halogens is 1. The Labute approximate surface area is 157 Å². The van der Waals surface area contributed by atoms with Crippen molar-refractivity contribution < 1.29 is 14.3 Å². The van der Waals surface area contributed by atoms with Gasteiger partial charge in [-0.15, -0.1) is 0 Å². The molecule has 0 saturated carbocycles. The number of aliphatic hydroxyl groups excluding tert-OH is 1. The first-order chi connectivity index (χ1) is 13.1. The molecule has 1 fully saturated rings. The van der Waals surface area contributed by atoms with Crippen LogP contribution in [0.1, 0.15) is 28.8 Å². The molecular formula is C22H21FN2O2. The van der Waals surface area contributed by atoms with E-state index in [1.54, 1.807) is 17.0 Å². The summed E-state index contributed by atoms with van der Waals surface area (Å²) in [5.74, 6) is -0.496. The van der Waals surface area contributed by atoms with Crippen LogP contribution >= 0.6 is 0 Å². The number of aliphatic hydroxyl groups is 1. The number of carbonyl (C=O) groups excluding carboxylic acids is 1. The van der Waals surface area contributed by atoms with Crippen molar-refractivity contribution in [2.75, 3.05) is 13.2 Å². The Bertz CT molecular complexity index is 1020. The molecule has 2 aromatic carbocycles. The van der Waals surface area contributed by atoms with E-state index in [9.17, 15) is 14.3 Å². The monoisotopic (exact) mass is 364 g/mol. The highest BCUT2D eigenvalue weighted by Crippen LogP contribution is 2.29. The minimum Gasteiger partial charge on any atom is -0.394 e. The molecule has 0 bridgehead atoms. The van der Waals surface area contributed by atoms with Gasteiger partial charge in [0.05, 0.1) is 29.4 Å². The van der Waals surface area contributed by atoms with E-state index in [1.165, 1.54) is 6.07 Å². The zero-order chi connectivity index (χ0) is 19.0. The Kier molecular flexibility index (Phi) is 4.62. The highest BCUT2D eigenvalue weighted by molar-refractivity contribution is 6.07. The molecule has 1 atom stereocenters. The van der Waals surface area contributed by atoms with Gasteiger partial charge in [-0.25, -0.2) is 9.37 Å². The van der Waals surface area contributed by atoms with Gasteiger partial charge in [-0.1, -0.05) is 24.3 Å².